The van der Waals surface area contributed by atoms with E-state index < -0.39 is 5.91 Å². The summed E-state index contributed by atoms with van der Waals surface area (Å²) in [5.74, 6) is 0.872. The van der Waals surface area contributed by atoms with Gasteiger partial charge < -0.3 is 29.4 Å². The smallest absolute Gasteiger partial charge is 0.316 e. The van der Waals surface area contributed by atoms with E-state index in [2.05, 4.69) is 20.8 Å². The maximum atomic E-state index is 12.2. The molecule has 0 radical (unpaired) electrons. The van der Waals surface area contributed by atoms with Crippen LogP contribution in [0.1, 0.15) is 16.2 Å². The van der Waals surface area contributed by atoms with E-state index in [0.717, 1.165) is 5.56 Å². The summed E-state index contributed by atoms with van der Waals surface area (Å²) in [6.45, 7) is 2.26. The lowest BCUT2D eigenvalue weighted by Gasteiger charge is -2.08. The van der Waals surface area contributed by atoms with Crippen LogP contribution in [0.15, 0.2) is 47.0 Å². The summed E-state index contributed by atoms with van der Waals surface area (Å²) in [5.41, 5.74) is 1.71. The third-order valence-electron chi connectivity index (χ3n) is 4.39. The van der Waals surface area contributed by atoms with Crippen LogP contribution in [0.2, 0.25) is 0 Å². The molecule has 168 valence electrons. The van der Waals surface area contributed by atoms with Gasteiger partial charge in [0.05, 0.1) is 14.2 Å². The van der Waals surface area contributed by atoms with E-state index in [0.29, 0.717) is 22.8 Å². The van der Waals surface area contributed by atoms with E-state index in [4.69, 9.17) is 18.7 Å². The van der Waals surface area contributed by atoms with Crippen molar-refractivity contribution < 1.29 is 28.3 Å². The average Bonchev–Trinajstić information content (AvgIpc) is 3.31. The molecule has 10 heteroatoms. The van der Waals surface area contributed by atoms with E-state index in [1.54, 1.807) is 30.3 Å². The highest BCUT2D eigenvalue weighted by molar-refractivity contribution is 5.90. The lowest BCUT2D eigenvalue weighted by Crippen LogP contribution is -2.36. The van der Waals surface area contributed by atoms with Gasteiger partial charge in [0.1, 0.15) is 5.75 Å². The highest BCUT2D eigenvalue weighted by Crippen LogP contribution is 2.31. The number of rotatable bonds is 10. The fourth-order valence-electron chi connectivity index (χ4n) is 2.70. The summed E-state index contributed by atoms with van der Waals surface area (Å²) < 4.78 is 20.9. The Bertz CT molecular complexity index is 1060. The molecule has 3 aromatic rings. The van der Waals surface area contributed by atoms with E-state index >= 15 is 0 Å². The van der Waals surface area contributed by atoms with E-state index in [1.165, 1.54) is 14.2 Å². The Hall–Kier alpha value is -4.08. The van der Waals surface area contributed by atoms with E-state index in [9.17, 15) is 9.59 Å². The number of amides is 2. The van der Waals surface area contributed by atoms with Crippen molar-refractivity contribution in [2.75, 3.05) is 33.9 Å². The average molecular weight is 440 g/mol. The summed E-state index contributed by atoms with van der Waals surface area (Å²) in [6, 6.07) is 12.5. The molecule has 0 fully saturated rings. The number of ether oxygens (including phenoxy) is 3. The summed E-state index contributed by atoms with van der Waals surface area (Å²) in [5, 5.41) is 9.08. The molecule has 10 nitrogen and oxygen atoms in total. The second-order valence-electron chi connectivity index (χ2n) is 6.70. The Morgan fingerprint density at radius 2 is 1.69 bits per heavy atom. The molecule has 3 rings (SSSR count). The molecule has 0 saturated carbocycles. The number of hydrogen-bond acceptors (Lipinski definition) is 8. The zero-order valence-electron chi connectivity index (χ0n) is 18.0. The van der Waals surface area contributed by atoms with Gasteiger partial charge in [-0.05, 0) is 37.3 Å². The number of carbonyl (C=O) groups excluding carboxylic acids is 2. The van der Waals surface area contributed by atoms with Crippen LogP contribution in [0, 0.1) is 6.92 Å². The summed E-state index contributed by atoms with van der Waals surface area (Å²) in [4.78, 5) is 28.2. The predicted molar refractivity (Wildman–Crippen MR) is 115 cm³/mol. The first-order valence-corrected chi connectivity index (χ1v) is 9.80. The Morgan fingerprint density at radius 3 is 2.41 bits per heavy atom. The van der Waals surface area contributed by atoms with Crippen LogP contribution in [0.25, 0.3) is 11.4 Å². The van der Waals surface area contributed by atoms with Gasteiger partial charge in [-0.3, -0.25) is 9.59 Å². The van der Waals surface area contributed by atoms with Gasteiger partial charge >= 0.3 is 11.8 Å². The van der Waals surface area contributed by atoms with Crippen molar-refractivity contribution in [3.8, 4) is 28.6 Å². The van der Waals surface area contributed by atoms with Crippen molar-refractivity contribution in [1.29, 1.82) is 0 Å². The number of carbonyl (C=O) groups is 2. The van der Waals surface area contributed by atoms with Crippen molar-refractivity contribution >= 4 is 11.8 Å². The first-order valence-electron chi connectivity index (χ1n) is 9.80. The normalized spacial score (nSPS) is 10.3. The lowest BCUT2D eigenvalue weighted by molar-refractivity contribution is -0.123. The van der Waals surface area contributed by atoms with Crippen LogP contribution in [-0.4, -0.2) is 55.9 Å². The predicted octanol–water partition coefficient (Wildman–Crippen LogP) is 1.99. The third-order valence-corrected chi connectivity index (χ3v) is 4.39. The van der Waals surface area contributed by atoms with Gasteiger partial charge in [-0.25, -0.2) is 0 Å². The molecule has 0 aliphatic rings. The molecule has 1 aromatic heterocycles. The second-order valence-corrected chi connectivity index (χ2v) is 6.70. The van der Waals surface area contributed by atoms with Crippen molar-refractivity contribution in [2.24, 2.45) is 0 Å². The SMILES string of the molecule is COc1ccc(-c2noc(C(=O)NCCNC(=O)COc3ccc(C)cc3)n2)cc1OC. The molecule has 0 atom stereocenters. The standard InChI is InChI=1S/C22H24N4O6/c1-14-4-7-16(8-5-14)31-13-19(27)23-10-11-24-21(28)22-25-20(26-32-22)15-6-9-17(29-2)18(12-15)30-3/h4-9,12H,10-11,13H2,1-3H3,(H,23,27)(H,24,28). The number of aryl methyl sites for hydroxylation is 1. The summed E-state index contributed by atoms with van der Waals surface area (Å²) in [6.07, 6.45) is 0. The maximum absolute atomic E-state index is 12.2. The molecule has 2 N–H and O–H groups in total. The van der Waals surface area contributed by atoms with Crippen molar-refractivity contribution in [3.63, 3.8) is 0 Å². The monoisotopic (exact) mass is 440 g/mol. The first-order chi connectivity index (χ1) is 15.5. The van der Waals surface area contributed by atoms with Crippen LogP contribution in [0.3, 0.4) is 0 Å². The molecule has 0 spiro atoms. The van der Waals surface area contributed by atoms with E-state index in [1.807, 2.05) is 19.1 Å². The molecule has 0 unspecified atom stereocenters. The maximum Gasteiger partial charge on any atom is 0.316 e. The number of benzene rings is 2. The van der Waals surface area contributed by atoms with Gasteiger partial charge in [-0.1, -0.05) is 22.9 Å². The Morgan fingerprint density at radius 1 is 0.969 bits per heavy atom. The van der Waals surface area contributed by atoms with Crippen molar-refractivity contribution in [3.05, 3.63) is 53.9 Å². The van der Waals surface area contributed by atoms with Gasteiger partial charge in [0.2, 0.25) is 5.82 Å². The van der Waals surface area contributed by atoms with Gasteiger partial charge in [-0.15, -0.1) is 0 Å². The minimum Gasteiger partial charge on any atom is -0.493 e. The van der Waals surface area contributed by atoms with Crippen LogP contribution >= 0.6 is 0 Å². The molecule has 0 saturated heterocycles. The number of hydrogen-bond donors (Lipinski definition) is 2. The van der Waals surface area contributed by atoms with Gasteiger partial charge in [0.25, 0.3) is 5.91 Å². The molecule has 1 heterocycles. The second kappa shape index (κ2) is 10.8. The Balaban J connectivity index is 1.43. The summed E-state index contributed by atoms with van der Waals surface area (Å²) >= 11 is 0. The van der Waals surface area contributed by atoms with Crippen LogP contribution in [0.4, 0.5) is 0 Å². The fraction of sp³-hybridized carbons (Fsp3) is 0.273. The molecule has 0 aliphatic heterocycles. The van der Waals surface area contributed by atoms with Gasteiger partial charge in [-0.2, -0.15) is 4.98 Å². The lowest BCUT2D eigenvalue weighted by atomic mass is 10.2. The molecule has 2 aromatic carbocycles. The number of nitrogens with one attached hydrogen (secondary N) is 2. The molecule has 32 heavy (non-hydrogen) atoms. The zero-order valence-corrected chi connectivity index (χ0v) is 18.0. The molecule has 0 bridgehead atoms. The molecular formula is C22H24N4O6. The van der Waals surface area contributed by atoms with Gasteiger partial charge in [0, 0.05) is 18.7 Å². The minimum absolute atomic E-state index is 0.116. The Labute approximate surface area is 184 Å². The highest BCUT2D eigenvalue weighted by Gasteiger charge is 2.17. The van der Waals surface area contributed by atoms with Gasteiger partial charge in [0.15, 0.2) is 18.1 Å². The quantitative estimate of drug-likeness (QED) is 0.459. The highest BCUT2D eigenvalue weighted by atomic mass is 16.5. The zero-order chi connectivity index (χ0) is 22.9. The topological polar surface area (TPSA) is 125 Å². The van der Waals surface area contributed by atoms with Crippen molar-refractivity contribution in [2.45, 2.75) is 6.92 Å². The third kappa shape index (κ3) is 5.97. The minimum atomic E-state index is -0.547. The van der Waals surface area contributed by atoms with Crippen LogP contribution in [0.5, 0.6) is 17.2 Å². The Kier molecular flexibility index (Phi) is 7.63. The first kappa shape index (κ1) is 22.6. The largest absolute Gasteiger partial charge is 0.493 e. The number of aromatic nitrogens is 2. The van der Waals surface area contributed by atoms with Crippen LogP contribution < -0.4 is 24.8 Å². The van der Waals surface area contributed by atoms with Crippen LogP contribution in [-0.2, 0) is 4.79 Å². The van der Waals surface area contributed by atoms with Crippen molar-refractivity contribution in [1.82, 2.24) is 20.8 Å². The molecule has 2 amide bonds. The van der Waals surface area contributed by atoms with E-state index in [-0.39, 0.29) is 37.3 Å². The number of nitrogens with zero attached hydrogens (tertiary/aromatic N) is 2. The summed E-state index contributed by atoms with van der Waals surface area (Å²) in [7, 11) is 3.05. The fourth-order valence-corrected chi connectivity index (χ4v) is 2.70. The molecule has 0 aliphatic carbocycles. The number of methoxy groups -OCH3 is 2. The molecular weight excluding hydrogens is 416 g/mol.